The van der Waals surface area contributed by atoms with E-state index in [1.54, 1.807) is 0 Å². The fraction of sp³-hybridized carbons (Fsp3) is 0.500. The molecule has 0 radical (unpaired) electrons. The van der Waals surface area contributed by atoms with Crippen molar-refractivity contribution in [3.05, 3.63) is 33.3 Å². The lowest BCUT2D eigenvalue weighted by atomic mass is 10.2. The van der Waals surface area contributed by atoms with Gasteiger partial charge in [0, 0.05) is 28.6 Å². The van der Waals surface area contributed by atoms with Crippen molar-refractivity contribution in [1.29, 1.82) is 0 Å². The highest BCUT2D eigenvalue weighted by Crippen LogP contribution is 2.21. The smallest absolute Gasteiger partial charge is 0.0462 e. The molecule has 0 bridgehead atoms. The molecule has 90 valence electrons. The Kier molecular flexibility index (Phi) is 6.36. The molecule has 1 atom stereocenters. The van der Waals surface area contributed by atoms with Gasteiger partial charge in [0.25, 0.3) is 0 Å². The maximum absolute atomic E-state index is 6.13. The van der Waals surface area contributed by atoms with Gasteiger partial charge < -0.3 is 10.6 Å². The fourth-order valence-corrected chi connectivity index (χ4v) is 2.12. The highest BCUT2D eigenvalue weighted by atomic mass is 79.9. The summed E-state index contributed by atoms with van der Waals surface area (Å²) in [5, 5.41) is 7.54. The van der Waals surface area contributed by atoms with Crippen molar-refractivity contribution in [2.75, 3.05) is 13.1 Å². The molecule has 4 heteroatoms. The monoisotopic (exact) mass is 304 g/mol. The van der Waals surface area contributed by atoms with Crippen molar-refractivity contribution in [1.82, 2.24) is 10.6 Å². The van der Waals surface area contributed by atoms with Gasteiger partial charge >= 0.3 is 0 Å². The van der Waals surface area contributed by atoms with E-state index >= 15 is 0 Å². The predicted octanol–water partition coefficient (Wildman–Crippen LogP) is 3.19. The summed E-state index contributed by atoms with van der Waals surface area (Å²) < 4.78 is 1.02. The Labute approximate surface area is 111 Å². The Hall–Kier alpha value is -0.0900. The van der Waals surface area contributed by atoms with Crippen LogP contribution in [-0.2, 0) is 6.54 Å². The summed E-state index contributed by atoms with van der Waals surface area (Å²) in [6.45, 7) is 7.06. The molecule has 1 aromatic carbocycles. The Bertz CT molecular complexity index is 331. The molecule has 0 aliphatic carbocycles. The quantitative estimate of drug-likeness (QED) is 0.843. The minimum absolute atomic E-state index is 0.444. The lowest BCUT2D eigenvalue weighted by Gasteiger charge is -2.14. The van der Waals surface area contributed by atoms with Crippen LogP contribution >= 0.6 is 27.5 Å². The molecule has 2 N–H and O–H groups in total. The Morgan fingerprint density at radius 1 is 1.44 bits per heavy atom. The number of benzene rings is 1. The highest BCUT2D eigenvalue weighted by Gasteiger charge is 2.03. The van der Waals surface area contributed by atoms with Gasteiger partial charge in [-0.25, -0.2) is 0 Å². The second-order valence-corrected chi connectivity index (χ2v) is 5.15. The summed E-state index contributed by atoms with van der Waals surface area (Å²) in [6.07, 6.45) is 0. The molecular formula is C12H18BrClN2. The zero-order valence-corrected chi connectivity index (χ0v) is 12.0. The van der Waals surface area contributed by atoms with E-state index in [2.05, 4.69) is 40.4 Å². The summed E-state index contributed by atoms with van der Waals surface area (Å²) >= 11 is 9.53. The maximum atomic E-state index is 6.13. The van der Waals surface area contributed by atoms with Crippen LogP contribution in [0.1, 0.15) is 19.4 Å². The summed E-state index contributed by atoms with van der Waals surface area (Å²) in [5.41, 5.74) is 1.13. The van der Waals surface area contributed by atoms with Crippen molar-refractivity contribution >= 4 is 27.5 Å². The Balaban J connectivity index is 2.42. The number of likely N-dealkylation sites (N-methyl/N-ethyl adjacent to an activating group) is 1. The molecule has 0 aromatic heterocycles. The molecule has 0 fully saturated rings. The van der Waals surface area contributed by atoms with Crippen LogP contribution in [0.15, 0.2) is 22.7 Å². The second kappa shape index (κ2) is 7.28. The van der Waals surface area contributed by atoms with E-state index in [0.29, 0.717) is 6.04 Å². The molecule has 0 aliphatic heterocycles. The van der Waals surface area contributed by atoms with E-state index in [9.17, 15) is 0 Å². The van der Waals surface area contributed by atoms with Gasteiger partial charge in [-0.1, -0.05) is 40.5 Å². The van der Waals surface area contributed by atoms with Crippen molar-refractivity contribution < 1.29 is 0 Å². The fourth-order valence-electron chi connectivity index (χ4n) is 1.38. The largest absolute Gasteiger partial charge is 0.315 e. The molecule has 1 aromatic rings. The standard InChI is InChI=1S/C12H18BrClN2/c1-3-15-7-9(2)16-8-10-4-5-11(13)6-12(10)14/h4-6,9,15-16H,3,7-8H2,1-2H3. The first kappa shape index (κ1) is 14.0. The molecule has 0 spiro atoms. The van der Waals surface area contributed by atoms with Gasteiger partial charge in [0.2, 0.25) is 0 Å². The summed E-state index contributed by atoms with van der Waals surface area (Å²) in [4.78, 5) is 0. The van der Waals surface area contributed by atoms with Crippen molar-refractivity contribution in [3.63, 3.8) is 0 Å². The molecule has 16 heavy (non-hydrogen) atoms. The lowest BCUT2D eigenvalue weighted by molar-refractivity contribution is 0.509. The van der Waals surface area contributed by atoms with E-state index in [1.165, 1.54) is 0 Å². The zero-order valence-electron chi connectivity index (χ0n) is 9.69. The van der Waals surface area contributed by atoms with Crippen molar-refractivity contribution in [2.24, 2.45) is 0 Å². The van der Waals surface area contributed by atoms with Gasteiger partial charge in [0.05, 0.1) is 0 Å². The number of hydrogen-bond acceptors (Lipinski definition) is 2. The number of nitrogens with one attached hydrogen (secondary N) is 2. The molecular weight excluding hydrogens is 288 g/mol. The third-order valence-corrected chi connectivity index (χ3v) is 3.20. The average molecular weight is 306 g/mol. The molecule has 1 unspecified atom stereocenters. The molecule has 0 saturated carbocycles. The van der Waals surface area contributed by atoms with Crippen LogP contribution in [-0.4, -0.2) is 19.1 Å². The van der Waals surface area contributed by atoms with Gasteiger partial charge in [-0.2, -0.15) is 0 Å². The van der Waals surface area contributed by atoms with Crippen LogP contribution < -0.4 is 10.6 Å². The molecule has 0 saturated heterocycles. The van der Waals surface area contributed by atoms with E-state index in [-0.39, 0.29) is 0 Å². The number of hydrogen-bond donors (Lipinski definition) is 2. The number of halogens is 2. The first-order valence-corrected chi connectivity index (χ1v) is 6.68. The van der Waals surface area contributed by atoms with Crippen LogP contribution in [0.4, 0.5) is 0 Å². The molecule has 0 amide bonds. The first-order chi connectivity index (χ1) is 7.63. The average Bonchev–Trinajstić information content (AvgIpc) is 2.25. The van der Waals surface area contributed by atoms with Crippen LogP contribution in [0.3, 0.4) is 0 Å². The van der Waals surface area contributed by atoms with Crippen molar-refractivity contribution in [3.8, 4) is 0 Å². The van der Waals surface area contributed by atoms with E-state index in [4.69, 9.17) is 11.6 Å². The van der Waals surface area contributed by atoms with Gasteiger partial charge in [-0.15, -0.1) is 0 Å². The minimum Gasteiger partial charge on any atom is -0.315 e. The molecule has 2 nitrogen and oxygen atoms in total. The van der Waals surface area contributed by atoms with Crippen LogP contribution in [0.2, 0.25) is 5.02 Å². The highest BCUT2D eigenvalue weighted by molar-refractivity contribution is 9.10. The predicted molar refractivity (Wildman–Crippen MR) is 74.0 cm³/mol. The third-order valence-electron chi connectivity index (χ3n) is 2.36. The maximum Gasteiger partial charge on any atom is 0.0462 e. The van der Waals surface area contributed by atoms with Crippen LogP contribution in [0.25, 0.3) is 0 Å². The van der Waals surface area contributed by atoms with E-state index < -0.39 is 0 Å². The third kappa shape index (κ3) is 4.83. The summed E-state index contributed by atoms with van der Waals surface area (Å²) in [6, 6.07) is 6.42. The molecule has 0 heterocycles. The molecule has 0 aliphatic rings. The van der Waals surface area contributed by atoms with Gasteiger partial charge in [-0.05, 0) is 31.2 Å². The summed E-state index contributed by atoms with van der Waals surface area (Å²) in [5.74, 6) is 0. The zero-order chi connectivity index (χ0) is 12.0. The van der Waals surface area contributed by atoms with Crippen LogP contribution in [0.5, 0.6) is 0 Å². The normalized spacial score (nSPS) is 12.8. The van der Waals surface area contributed by atoms with E-state index in [0.717, 1.165) is 34.7 Å². The second-order valence-electron chi connectivity index (χ2n) is 3.83. The molecule has 1 rings (SSSR count). The minimum atomic E-state index is 0.444. The topological polar surface area (TPSA) is 24.1 Å². The SMILES string of the molecule is CCNCC(C)NCc1ccc(Br)cc1Cl. The van der Waals surface area contributed by atoms with Gasteiger partial charge in [0.1, 0.15) is 0 Å². The first-order valence-electron chi connectivity index (χ1n) is 5.51. The Morgan fingerprint density at radius 3 is 2.81 bits per heavy atom. The van der Waals surface area contributed by atoms with E-state index in [1.807, 2.05) is 18.2 Å². The van der Waals surface area contributed by atoms with Gasteiger partial charge in [0.15, 0.2) is 0 Å². The summed E-state index contributed by atoms with van der Waals surface area (Å²) in [7, 11) is 0. The lowest BCUT2D eigenvalue weighted by Crippen LogP contribution is -2.35. The van der Waals surface area contributed by atoms with Crippen LogP contribution in [0, 0.1) is 0 Å². The van der Waals surface area contributed by atoms with Crippen molar-refractivity contribution in [2.45, 2.75) is 26.4 Å². The number of rotatable bonds is 6. The van der Waals surface area contributed by atoms with Gasteiger partial charge in [-0.3, -0.25) is 0 Å². The Morgan fingerprint density at radius 2 is 2.19 bits per heavy atom.